The van der Waals surface area contributed by atoms with Gasteiger partial charge < -0.3 is 9.90 Å². The van der Waals surface area contributed by atoms with E-state index in [4.69, 9.17) is 0 Å². The molecule has 0 saturated heterocycles. The third kappa shape index (κ3) is 3.31. The third-order valence-corrected chi connectivity index (χ3v) is 7.04. The zero-order valence-electron chi connectivity index (χ0n) is 17.9. The molecule has 2 aliphatic carbocycles. The van der Waals surface area contributed by atoms with E-state index in [1.54, 1.807) is 0 Å². The fourth-order valence-corrected chi connectivity index (χ4v) is 5.57. The number of carbonyl (C=O) groups excluding carboxylic acids is 2. The molecule has 3 unspecified atom stereocenters. The van der Waals surface area contributed by atoms with Crippen molar-refractivity contribution in [3.05, 3.63) is 95.6 Å². The minimum absolute atomic E-state index is 0.108. The summed E-state index contributed by atoms with van der Waals surface area (Å²) in [5, 5.41) is 14.5. The fourth-order valence-electron chi connectivity index (χ4n) is 5.57. The van der Waals surface area contributed by atoms with Gasteiger partial charge in [0.2, 0.25) is 0 Å². The van der Waals surface area contributed by atoms with Crippen LogP contribution in [0.4, 0.5) is 0 Å². The highest BCUT2D eigenvalue weighted by Gasteiger charge is 2.46. The molecule has 0 aromatic heterocycles. The minimum atomic E-state index is -0.826. The SMILES string of the molecule is O=CC(CC(O)C1CCCC1=O)NC1(c2ccccc2)c2ccccc2-c2ccccc21. The molecule has 4 nitrogen and oxygen atoms in total. The van der Waals surface area contributed by atoms with Gasteiger partial charge in [0, 0.05) is 12.3 Å². The Balaban J connectivity index is 1.60. The Kier molecular flexibility index (Phi) is 5.50. The first kappa shape index (κ1) is 20.8. The fraction of sp³-hybridized carbons (Fsp3) is 0.286. The lowest BCUT2D eigenvalue weighted by Crippen LogP contribution is -2.50. The normalized spacial score (nSPS) is 20.4. The molecule has 0 heterocycles. The highest BCUT2D eigenvalue weighted by molar-refractivity contribution is 5.84. The average Bonchev–Trinajstić information content (AvgIpc) is 3.39. The van der Waals surface area contributed by atoms with E-state index in [1.807, 2.05) is 42.5 Å². The number of nitrogens with one attached hydrogen (secondary N) is 1. The molecule has 4 heteroatoms. The predicted molar refractivity (Wildman–Crippen MR) is 124 cm³/mol. The van der Waals surface area contributed by atoms with Crippen molar-refractivity contribution in [2.24, 2.45) is 5.92 Å². The molecule has 0 spiro atoms. The van der Waals surface area contributed by atoms with Gasteiger partial charge in [-0.25, -0.2) is 0 Å². The van der Waals surface area contributed by atoms with Crippen LogP contribution < -0.4 is 5.32 Å². The van der Waals surface area contributed by atoms with E-state index >= 15 is 0 Å². The van der Waals surface area contributed by atoms with Gasteiger partial charge in [0.05, 0.1) is 17.7 Å². The Hall–Kier alpha value is -3.08. The molecule has 3 atom stereocenters. The molecule has 0 radical (unpaired) electrons. The molecule has 3 aromatic rings. The zero-order chi connectivity index (χ0) is 22.1. The van der Waals surface area contributed by atoms with Crippen LogP contribution in [0, 0.1) is 5.92 Å². The van der Waals surface area contributed by atoms with Gasteiger partial charge in [0.1, 0.15) is 12.1 Å². The van der Waals surface area contributed by atoms with Crippen molar-refractivity contribution in [2.45, 2.75) is 43.4 Å². The first-order chi connectivity index (χ1) is 15.6. The lowest BCUT2D eigenvalue weighted by Gasteiger charge is -2.37. The number of benzene rings is 3. The number of aliphatic hydroxyl groups excluding tert-OH is 1. The van der Waals surface area contributed by atoms with Crippen molar-refractivity contribution in [1.82, 2.24) is 5.32 Å². The maximum atomic E-state index is 12.3. The van der Waals surface area contributed by atoms with Crippen LogP contribution in [0.1, 0.15) is 42.4 Å². The van der Waals surface area contributed by atoms with E-state index in [1.165, 1.54) is 0 Å². The minimum Gasteiger partial charge on any atom is -0.392 e. The Bertz CT molecular complexity index is 1090. The maximum Gasteiger partial charge on any atom is 0.138 e. The van der Waals surface area contributed by atoms with Crippen LogP contribution in [-0.4, -0.2) is 29.3 Å². The molecule has 0 aliphatic heterocycles. The lowest BCUT2D eigenvalue weighted by molar-refractivity contribution is -0.124. The summed E-state index contributed by atoms with van der Waals surface area (Å²) in [5.41, 5.74) is 4.76. The number of carbonyl (C=O) groups is 2. The van der Waals surface area contributed by atoms with Crippen molar-refractivity contribution < 1.29 is 14.7 Å². The number of Topliss-reactive ketones (excluding diaryl/α,β-unsaturated/α-hetero) is 1. The largest absolute Gasteiger partial charge is 0.392 e. The quantitative estimate of drug-likeness (QED) is 0.556. The molecule has 162 valence electrons. The highest BCUT2D eigenvalue weighted by atomic mass is 16.3. The van der Waals surface area contributed by atoms with E-state index in [-0.39, 0.29) is 18.1 Å². The van der Waals surface area contributed by atoms with Gasteiger partial charge in [-0.2, -0.15) is 0 Å². The maximum absolute atomic E-state index is 12.3. The summed E-state index contributed by atoms with van der Waals surface area (Å²) in [6.45, 7) is 0. The van der Waals surface area contributed by atoms with Gasteiger partial charge in [-0.05, 0) is 47.1 Å². The number of aliphatic hydroxyl groups is 1. The first-order valence-corrected chi connectivity index (χ1v) is 11.3. The van der Waals surface area contributed by atoms with Crippen molar-refractivity contribution >= 4 is 12.1 Å². The van der Waals surface area contributed by atoms with Crippen LogP contribution in [0.3, 0.4) is 0 Å². The summed E-state index contributed by atoms with van der Waals surface area (Å²) >= 11 is 0. The number of aldehydes is 1. The smallest absolute Gasteiger partial charge is 0.138 e. The second kappa shape index (κ2) is 8.45. The highest BCUT2D eigenvalue weighted by Crippen LogP contribution is 2.51. The van der Waals surface area contributed by atoms with Crippen LogP contribution >= 0.6 is 0 Å². The average molecular weight is 426 g/mol. The molecule has 1 fully saturated rings. The van der Waals surface area contributed by atoms with Crippen molar-refractivity contribution in [1.29, 1.82) is 0 Å². The summed E-state index contributed by atoms with van der Waals surface area (Å²) in [5.74, 6) is -0.258. The molecule has 32 heavy (non-hydrogen) atoms. The van der Waals surface area contributed by atoms with Crippen LogP contribution in [0.5, 0.6) is 0 Å². The first-order valence-electron chi connectivity index (χ1n) is 11.3. The van der Waals surface area contributed by atoms with E-state index in [0.29, 0.717) is 12.8 Å². The van der Waals surface area contributed by atoms with E-state index < -0.39 is 17.7 Å². The summed E-state index contributed by atoms with van der Waals surface area (Å²) in [6.07, 6.45) is 2.29. The number of hydrogen-bond donors (Lipinski definition) is 2. The standard InChI is InChI=1S/C28H27NO3/c30-18-20(17-27(32)23-13-8-16-26(23)31)29-28(19-9-2-1-3-10-19)24-14-6-4-11-21(24)22-12-5-7-15-25(22)28/h1-7,9-12,14-15,18,20,23,27,29,32H,8,13,16-17H2. The third-order valence-electron chi connectivity index (χ3n) is 7.04. The van der Waals surface area contributed by atoms with Crippen LogP contribution in [-0.2, 0) is 15.1 Å². The summed E-state index contributed by atoms with van der Waals surface area (Å²) < 4.78 is 0. The van der Waals surface area contributed by atoms with Gasteiger partial charge >= 0.3 is 0 Å². The van der Waals surface area contributed by atoms with E-state index in [2.05, 4.69) is 41.7 Å². The second-order valence-electron chi connectivity index (χ2n) is 8.86. The van der Waals surface area contributed by atoms with Crippen molar-refractivity contribution in [3.63, 3.8) is 0 Å². The molecule has 3 aromatic carbocycles. The molecule has 0 bridgehead atoms. The Morgan fingerprint density at radius 1 is 0.938 bits per heavy atom. The summed E-state index contributed by atoms with van der Waals surface area (Å²) in [6, 6.07) is 26.1. The van der Waals surface area contributed by atoms with Crippen LogP contribution in [0.2, 0.25) is 0 Å². The Morgan fingerprint density at radius 2 is 1.53 bits per heavy atom. The Labute approximate surface area is 188 Å². The topological polar surface area (TPSA) is 66.4 Å². The number of ketones is 1. The van der Waals surface area contributed by atoms with Crippen molar-refractivity contribution in [3.8, 4) is 11.1 Å². The number of fused-ring (bicyclic) bond motifs is 3. The van der Waals surface area contributed by atoms with Gasteiger partial charge in [0.25, 0.3) is 0 Å². The molecule has 5 rings (SSSR count). The lowest BCUT2D eigenvalue weighted by atomic mass is 9.79. The monoisotopic (exact) mass is 425 g/mol. The zero-order valence-corrected chi connectivity index (χ0v) is 17.9. The molecular weight excluding hydrogens is 398 g/mol. The molecular formula is C28H27NO3. The van der Waals surface area contributed by atoms with Gasteiger partial charge in [-0.1, -0.05) is 78.9 Å². The summed E-state index contributed by atoms with van der Waals surface area (Å²) in [4.78, 5) is 24.4. The molecule has 2 aliphatic rings. The number of hydrogen-bond acceptors (Lipinski definition) is 4. The van der Waals surface area contributed by atoms with Crippen LogP contribution in [0.15, 0.2) is 78.9 Å². The van der Waals surface area contributed by atoms with Crippen molar-refractivity contribution in [2.75, 3.05) is 0 Å². The Morgan fingerprint density at radius 3 is 2.09 bits per heavy atom. The molecule has 2 N–H and O–H groups in total. The van der Waals surface area contributed by atoms with E-state index in [9.17, 15) is 14.7 Å². The molecule has 1 saturated carbocycles. The predicted octanol–water partition coefficient (Wildman–Crippen LogP) is 4.24. The summed E-state index contributed by atoms with van der Waals surface area (Å²) in [7, 11) is 0. The van der Waals surface area contributed by atoms with Gasteiger partial charge in [0.15, 0.2) is 0 Å². The van der Waals surface area contributed by atoms with Gasteiger partial charge in [-0.15, -0.1) is 0 Å². The van der Waals surface area contributed by atoms with E-state index in [0.717, 1.165) is 40.5 Å². The number of rotatable bonds is 7. The second-order valence-corrected chi connectivity index (χ2v) is 8.86. The van der Waals surface area contributed by atoms with Crippen LogP contribution in [0.25, 0.3) is 11.1 Å². The van der Waals surface area contributed by atoms with Gasteiger partial charge in [-0.3, -0.25) is 10.1 Å². The molecule has 0 amide bonds.